The fraction of sp³-hybridized carbons (Fsp3) is 0.154. The molecule has 0 aromatic heterocycles. The molecule has 2 aliphatic rings. The van der Waals surface area contributed by atoms with Crippen molar-refractivity contribution in [3.05, 3.63) is 53.5 Å². The minimum Gasteiger partial charge on any atom is -0.331 e. The molecule has 4 nitrogen and oxygen atoms in total. The molecule has 0 aliphatic carbocycles. The molecule has 0 fully saturated rings. The number of hydrogen-bond donors (Lipinski definition) is 0. The lowest BCUT2D eigenvalue weighted by molar-refractivity contribution is 0.493. The highest BCUT2D eigenvalue weighted by Crippen LogP contribution is 2.28. The van der Waals surface area contributed by atoms with Crippen molar-refractivity contribution in [2.24, 2.45) is 4.40 Å². The number of allylic oxidation sites excluding steroid dienone is 2. The number of amidine groups is 1. The number of rotatable bonds is 1. The van der Waals surface area contributed by atoms with Crippen LogP contribution in [0.15, 0.2) is 34.9 Å². The summed E-state index contributed by atoms with van der Waals surface area (Å²) in [6.45, 7) is 0.167. The fourth-order valence-corrected chi connectivity index (χ4v) is 3.14. The highest BCUT2D eigenvalue weighted by molar-refractivity contribution is 7.90. The average molecular weight is 314 g/mol. The predicted octanol–water partition coefficient (Wildman–Crippen LogP) is 2.06. The quantitative estimate of drug-likeness (QED) is 0.746. The molecule has 21 heavy (non-hydrogen) atoms. The molecule has 0 atom stereocenters. The number of halogens is 3. The summed E-state index contributed by atoms with van der Waals surface area (Å²) < 4.78 is 67.0. The Bertz CT molecular complexity index is 813. The van der Waals surface area contributed by atoms with Crippen LogP contribution in [0.1, 0.15) is 5.56 Å². The van der Waals surface area contributed by atoms with Gasteiger partial charge in [-0.15, -0.1) is 4.40 Å². The molecule has 0 unspecified atom stereocenters. The van der Waals surface area contributed by atoms with Crippen LogP contribution in [0.5, 0.6) is 0 Å². The topological polar surface area (TPSA) is 49.7 Å². The van der Waals surface area contributed by atoms with Crippen molar-refractivity contribution >= 4 is 21.4 Å². The van der Waals surface area contributed by atoms with Crippen LogP contribution < -0.4 is 0 Å². The highest BCUT2D eigenvalue weighted by atomic mass is 32.2. The van der Waals surface area contributed by atoms with E-state index in [2.05, 4.69) is 4.40 Å². The van der Waals surface area contributed by atoms with E-state index in [0.29, 0.717) is 12.1 Å². The summed E-state index contributed by atoms with van der Waals surface area (Å²) in [5, 5.41) is 0. The highest BCUT2D eigenvalue weighted by Gasteiger charge is 2.29. The van der Waals surface area contributed by atoms with Crippen molar-refractivity contribution in [1.29, 1.82) is 0 Å². The molecule has 2 aliphatic heterocycles. The molecule has 3 rings (SSSR count). The summed E-state index contributed by atoms with van der Waals surface area (Å²) >= 11 is 0. The van der Waals surface area contributed by atoms with Gasteiger partial charge in [-0.1, -0.05) is 0 Å². The minimum absolute atomic E-state index is 0.00802. The lowest BCUT2D eigenvalue weighted by atomic mass is 10.0. The Labute approximate surface area is 119 Å². The Morgan fingerprint density at radius 2 is 1.81 bits per heavy atom. The second-order valence-electron chi connectivity index (χ2n) is 4.56. The van der Waals surface area contributed by atoms with Crippen molar-refractivity contribution in [3.8, 4) is 0 Å². The van der Waals surface area contributed by atoms with Gasteiger partial charge in [0, 0.05) is 29.9 Å². The van der Waals surface area contributed by atoms with Gasteiger partial charge in [-0.3, -0.25) is 0 Å². The molecule has 0 N–H and O–H groups in total. The molecular weight excluding hydrogens is 305 g/mol. The van der Waals surface area contributed by atoms with E-state index >= 15 is 0 Å². The van der Waals surface area contributed by atoms with Gasteiger partial charge in [-0.2, -0.15) is 0 Å². The first-order chi connectivity index (χ1) is 9.87. The maximum absolute atomic E-state index is 13.9. The lowest BCUT2D eigenvalue weighted by Gasteiger charge is -2.29. The van der Waals surface area contributed by atoms with Gasteiger partial charge in [0.15, 0.2) is 17.5 Å². The number of sulfonamides is 1. The zero-order valence-electron chi connectivity index (χ0n) is 10.6. The molecule has 0 spiro atoms. The normalized spacial score (nSPS) is 19.9. The van der Waals surface area contributed by atoms with E-state index in [1.807, 2.05) is 0 Å². The predicted molar refractivity (Wildman–Crippen MR) is 71.4 cm³/mol. The largest absolute Gasteiger partial charge is 0.331 e. The molecule has 0 amide bonds. The third-order valence-electron chi connectivity index (χ3n) is 3.16. The number of nitrogens with zero attached hydrogens (tertiary/aromatic N) is 2. The third-order valence-corrected chi connectivity index (χ3v) is 4.31. The van der Waals surface area contributed by atoms with Crippen molar-refractivity contribution < 1.29 is 21.6 Å². The van der Waals surface area contributed by atoms with Crippen LogP contribution in [-0.2, 0) is 10.0 Å². The molecule has 0 saturated carbocycles. The summed E-state index contributed by atoms with van der Waals surface area (Å²) in [5.41, 5.74) is -0.142. The van der Waals surface area contributed by atoms with Gasteiger partial charge in [0.05, 0.1) is 5.75 Å². The van der Waals surface area contributed by atoms with Crippen molar-refractivity contribution in [2.45, 2.75) is 0 Å². The third kappa shape index (κ3) is 2.46. The van der Waals surface area contributed by atoms with E-state index in [1.165, 1.54) is 11.0 Å². The first-order valence-corrected chi connectivity index (χ1v) is 7.61. The van der Waals surface area contributed by atoms with Gasteiger partial charge in [0.25, 0.3) is 10.0 Å². The van der Waals surface area contributed by atoms with Crippen LogP contribution in [-0.4, -0.2) is 31.5 Å². The standard InChI is InChI=1S/C13H9F3N2O2S/c14-10-7-12(16)11(15)6-9(10)8-2-1-3-18-4-5-21(19,20)17-13(8)18/h1-3,6-7H,4-5H2. The van der Waals surface area contributed by atoms with Crippen LogP contribution in [0.3, 0.4) is 0 Å². The van der Waals surface area contributed by atoms with E-state index in [1.54, 1.807) is 12.3 Å². The molecule has 8 heteroatoms. The average Bonchev–Trinajstić information content (AvgIpc) is 2.41. The van der Waals surface area contributed by atoms with Crippen LogP contribution in [0.2, 0.25) is 0 Å². The minimum atomic E-state index is -3.64. The summed E-state index contributed by atoms with van der Waals surface area (Å²) in [6, 6.07) is 1.11. The zero-order valence-corrected chi connectivity index (χ0v) is 11.4. The summed E-state index contributed by atoms with van der Waals surface area (Å²) in [7, 11) is -3.64. The van der Waals surface area contributed by atoms with E-state index < -0.39 is 27.5 Å². The zero-order chi connectivity index (χ0) is 15.2. The smallest absolute Gasteiger partial charge is 0.256 e. The van der Waals surface area contributed by atoms with Crippen LogP contribution in [0, 0.1) is 17.5 Å². The van der Waals surface area contributed by atoms with Gasteiger partial charge < -0.3 is 4.90 Å². The first kappa shape index (κ1) is 13.9. The van der Waals surface area contributed by atoms with Crippen LogP contribution in [0.4, 0.5) is 13.2 Å². The molecule has 1 aromatic carbocycles. The Balaban J connectivity index is 2.18. The maximum atomic E-state index is 13.9. The Morgan fingerprint density at radius 1 is 1.10 bits per heavy atom. The Kier molecular flexibility index (Phi) is 3.12. The first-order valence-electron chi connectivity index (χ1n) is 6.00. The van der Waals surface area contributed by atoms with E-state index in [9.17, 15) is 21.6 Å². The number of fused-ring (bicyclic) bond motifs is 1. The molecular formula is C13H9F3N2O2S. The molecule has 0 radical (unpaired) electrons. The molecule has 2 heterocycles. The van der Waals surface area contributed by atoms with Crippen molar-refractivity contribution in [1.82, 2.24) is 4.90 Å². The van der Waals surface area contributed by atoms with Crippen LogP contribution in [0.25, 0.3) is 5.57 Å². The number of benzene rings is 1. The number of hydrogen-bond acceptors (Lipinski definition) is 3. The second kappa shape index (κ2) is 4.73. The van der Waals surface area contributed by atoms with E-state index in [-0.39, 0.29) is 29.3 Å². The van der Waals surface area contributed by atoms with Gasteiger partial charge >= 0.3 is 0 Å². The molecule has 110 valence electrons. The van der Waals surface area contributed by atoms with Crippen molar-refractivity contribution in [3.63, 3.8) is 0 Å². The molecule has 0 bridgehead atoms. The lowest BCUT2D eigenvalue weighted by Crippen LogP contribution is -2.37. The van der Waals surface area contributed by atoms with Crippen LogP contribution >= 0.6 is 0 Å². The Hall–Kier alpha value is -2.09. The van der Waals surface area contributed by atoms with Gasteiger partial charge in [-0.25, -0.2) is 21.6 Å². The summed E-state index contributed by atoms with van der Waals surface area (Å²) in [5.74, 6) is -3.66. The van der Waals surface area contributed by atoms with E-state index in [4.69, 9.17) is 0 Å². The van der Waals surface area contributed by atoms with Gasteiger partial charge in [0.1, 0.15) is 5.82 Å². The Morgan fingerprint density at radius 3 is 2.57 bits per heavy atom. The summed E-state index contributed by atoms with van der Waals surface area (Å²) in [6.07, 6.45) is 4.56. The maximum Gasteiger partial charge on any atom is 0.256 e. The van der Waals surface area contributed by atoms with E-state index in [0.717, 1.165) is 0 Å². The van der Waals surface area contributed by atoms with Crippen molar-refractivity contribution in [2.75, 3.05) is 12.3 Å². The molecule has 0 saturated heterocycles. The second-order valence-corrected chi connectivity index (χ2v) is 6.32. The summed E-state index contributed by atoms with van der Waals surface area (Å²) in [4.78, 5) is 1.52. The molecule has 1 aromatic rings. The van der Waals surface area contributed by atoms with Gasteiger partial charge in [-0.05, 0) is 18.2 Å². The fourth-order valence-electron chi connectivity index (χ4n) is 2.16. The SMILES string of the molecule is O=S1(=O)CCN2C=CC=C(c3cc(F)c(F)cc3F)C2=N1. The van der Waals surface area contributed by atoms with Gasteiger partial charge in [0.2, 0.25) is 0 Å². The monoisotopic (exact) mass is 314 g/mol.